The van der Waals surface area contributed by atoms with E-state index in [1.165, 1.54) is 12.0 Å². The molecule has 2 aliphatic heterocycles. The van der Waals surface area contributed by atoms with E-state index in [0.717, 1.165) is 30.6 Å². The third kappa shape index (κ3) is 4.49. The first-order valence-corrected chi connectivity index (χ1v) is 9.83. The highest BCUT2D eigenvalue weighted by Crippen LogP contribution is 2.46. The van der Waals surface area contributed by atoms with Crippen LogP contribution in [0.2, 0.25) is 0 Å². The van der Waals surface area contributed by atoms with Crippen LogP contribution in [0.5, 0.6) is 0 Å². The lowest BCUT2D eigenvalue weighted by molar-refractivity contribution is -0.00687. The minimum atomic E-state index is -2.88. The Balaban J connectivity index is 0.00000243. The van der Waals surface area contributed by atoms with E-state index < -0.39 is 30.9 Å². The Bertz CT molecular complexity index is 656. The van der Waals surface area contributed by atoms with Gasteiger partial charge in [-0.15, -0.1) is 23.7 Å². The smallest absolute Gasteiger partial charge is 0.350 e. The Morgan fingerprint density at radius 2 is 2.27 bits per heavy atom. The number of hydrogen-bond acceptors (Lipinski definition) is 6. The number of rotatable bonds is 4. The number of carbonyl (C=O) groups excluding carboxylic acids is 1. The Morgan fingerprint density at radius 3 is 2.88 bits per heavy atom. The van der Waals surface area contributed by atoms with Crippen molar-refractivity contribution in [3.8, 4) is 0 Å². The molecule has 5 nitrogen and oxygen atoms in total. The van der Waals surface area contributed by atoms with Gasteiger partial charge in [0.2, 0.25) is 0 Å². The molecule has 0 saturated carbocycles. The molecule has 2 unspecified atom stereocenters. The molecular formula is C16H22BrClF2N2O3S. The van der Waals surface area contributed by atoms with Gasteiger partial charge in [0.05, 0.1) is 29.2 Å². The van der Waals surface area contributed by atoms with E-state index in [-0.39, 0.29) is 25.1 Å². The van der Waals surface area contributed by atoms with Crippen molar-refractivity contribution < 1.29 is 23.0 Å². The summed E-state index contributed by atoms with van der Waals surface area (Å²) in [5.74, 6) is -3.40. The van der Waals surface area contributed by atoms with Crippen molar-refractivity contribution in [1.29, 1.82) is 0 Å². The molecule has 10 heteroatoms. The first-order valence-electron chi connectivity index (χ1n) is 8.22. The molecule has 1 aromatic heterocycles. The Labute approximate surface area is 169 Å². The van der Waals surface area contributed by atoms with Crippen LogP contribution in [0.1, 0.15) is 34.5 Å². The lowest BCUT2D eigenvalue weighted by Crippen LogP contribution is -2.52. The Kier molecular flexibility index (Phi) is 7.29. The largest absolute Gasteiger partial charge is 0.465 e. The molecule has 0 bridgehead atoms. The van der Waals surface area contributed by atoms with Gasteiger partial charge in [0.1, 0.15) is 4.88 Å². The first kappa shape index (κ1) is 21.8. The number of methoxy groups -OCH3 is 1. The number of fused-ring (bicyclic) bond motifs is 1. The van der Waals surface area contributed by atoms with E-state index >= 15 is 0 Å². The van der Waals surface area contributed by atoms with Crippen LogP contribution in [0.4, 0.5) is 14.5 Å². The van der Waals surface area contributed by atoms with Crippen LogP contribution < -0.4 is 10.6 Å². The quantitative estimate of drug-likeness (QED) is 0.674. The molecule has 3 heterocycles. The Morgan fingerprint density at radius 1 is 1.54 bits per heavy atom. The molecule has 0 radical (unpaired) electrons. The fourth-order valence-electron chi connectivity index (χ4n) is 3.45. The predicted octanol–water partition coefficient (Wildman–Crippen LogP) is 3.61. The summed E-state index contributed by atoms with van der Waals surface area (Å²) in [6.45, 7) is 0.394. The Hall–Kier alpha value is -0.480. The van der Waals surface area contributed by atoms with E-state index in [0.29, 0.717) is 26.5 Å². The van der Waals surface area contributed by atoms with Gasteiger partial charge in [0, 0.05) is 31.2 Å². The van der Waals surface area contributed by atoms with Gasteiger partial charge in [-0.2, -0.15) is 0 Å². The summed E-state index contributed by atoms with van der Waals surface area (Å²) < 4.78 is 39.5. The molecule has 2 aliphatic rings. The van der Waals surface area contributed by atoms with E-state index in [2.05, 4.69) is 15.9 Å². The second-order valence-corrected chi connectivity index (χ2v) is 8.84. The monoisotopic (exact) mass is 474 g/mol. The third-order valence-corrected chi connectivity index (χ3v) is 6.55. The normalized spacial score (nSPS) is 23.0. The number of ether oxygens (including phenoxy) is 2. The molecule has 0 aromatic carbocycles. The number of esters is 1. The van der Waals surface area contributed by atoms with E-state index in [1.807, 2.05) is 0 Å². The lowest BCUT2D eigenvalue weighted by Gasteiger charge is -2.38. The van der Waals surface area contributed by atoms with Crippen molar-refractivity contribution in [3.05, 3.63) is 14.2 Å². The third-order valence-electron chi connectivity index (χ3n) is 4.60. The van der Waals surface area contributed by atoms with Crippen molar-refractivity contribution in [2.24, 2.45) is 5.73 Å². The maximum absolute atomic E-state index is 14.3. The number of thiophene rings is 1. The molecule has 0 aliphatic carbocycles. The van der Waals surface area contributed by atoms with Crippen LogP contribution in [0.15, 0.2) is 3.79 Å². The zero-order valence-electron chi connectivity index (χ0n) is 14.3. The number of anilines is 1. The molecule has 1 aromatic rings. The topological polar surface area (TPSA) is 64.8 Å². The van der Waals surface area contributed by atoms with Crippen molar-refractivity contribution in [3.63, 3.8) is 0 Å². The second kappa shape index (κ2) is 8.68. The van der Waals surface area contributed by atoms with Gasteiger partial charge in [-0.1, -0.05) is 0 Å². The van der Waals surface area contributed by atoms with Crippen LogP contribution in [-0.4, -0.2) is 50.8 Å². The highest BCUT2D eigenvalue weighted by molar-refractivity contribution is 9.11. The highest BCUT2D eigenvalue weighted by Gasteiger charge is 2.43. The van der Waals surface area contributed by atoms with Crippen LogP contribution in [0, 0.1) is 0 Å². The number of hydrogen-bond donors (Lipinski definition) is 1. The minimum absolute atomic E-state index is 0. The standard InChI is InChI=1S/C16H21BrF2N2O3S.ClH/c1-23-15(22)13-12-9(14(17)25-13)6-16(18,19)8-21(12)7-10(20)11-4-2-3-5-24-11;/h10-11H,2-8,20H2,1H3;1H. The highest BCUT2D eigenvalue weighted by atomic mass is 79.9. The summed E-state index contributed by atoms with van der Waals surface area (Å²) in [5.41, 5.74) is 7.21. The molecular weight excluding hydrogens is 454 g/mol. The summed E-state index contributed by atoms with van der Waals surface area (Å²) >= 11 is 4.44. The zero-order chi connectivity index (χ0) is 18.2. The number of nitrogens with two attached hydrogens (primary N) is 1. The maximum Gasteiger partial charge on any atom is 0.350 e. The van der Waals surface area contributed by atoms with Gasteiger partial charge in [-0.05, 0) is 35.2 Å². The fraction of sp³-hybridized carbons (Fsp3) is 0.688. The molecule has 1 saturated heterocycles. The lowest BCUT2D eigenvalue weighted by atomic mass is 9.98. The zero-order valence-corrected chi connectivity index (χ0v) is 17.5. The fourth-order valence-corrected chi connectivity index (χ4v) is 5.25. The molecule has 2 N–H and O–H groups in total. The van der Waals surface area contributed by atoms with Crippen LogP contribution in [0.25, 0.3) is 0 Å². The average molecular weight is 476 g/mol. The molecule has 1 fully saturated rings. The van der Waals surface area contributed by atoms with Gasteiger partial charge >= 0.3 is 5.97 Å². The van der Waals surface area contributed by atoms with Crippen molar-refractivity contribution in [2.75, 3.05) is 31.7 Å². The number of carbonyl (C=O) groups is 1. The number of halogens is 4. The molecule has 0 spiro atoms. The second-order valence-electron chi connectivity index (χ2n) is 6.51. The van der Waals surface area contributed by atoms with E-state index in [9.17, 15) is 13.6 Å². The van der Waals surface area contributed by atoms with Gasteiger partial charge in [0.25, 0.3) is 5.92 Å². The molecule has 0 amide bonds. The van der Waals surface area contributed by atoms with Gasteiger partial charge in [0.15, 0.2) is 0 Å². The first-order chi connectivity index (χ1) is 11.8. The van der Waals surface area contributed by atoms with E-state index in [1.54, 1.807) is 0 Å². The molecule has 26 heavy (non-hydrogen) atoms. The summed E-state index contributed by atoms with van der Waals surface area (Å²) in [7, 11) is 1.28. The average Bonchev–Trinajstić information content (AvgIpc) is 2.90. The summed E-state index contributed by atoms with van der Waals surface area (Å²) in [6, 6.07) is -0.397. The number of alkyl halides is 2. The van der Waals surface area contributed by atoms with Gasteiger partial charge in [-0.3, -0.25) is 0 Å². The van der Waals surface area contributed by atoms with Crippen molar-refractivity contribution in [1.82, 2.24) is 0 Å². The van der Waals surface area contributed by atoms with Crippen molar-refractivity contribution in [2.45, 2.75) is 43.8 Å². The summed E-state index contributed by atoms with van der Waals surface area (Å²) in [4.78, 5) is 13.9. The van der Waals surface area contributed by atoms with Crippen LogP contribution in [-0.2, 0) is 15.9 Å². The van der Waals surface area contributed by atoms with Crippen molar-refractivity contribution >= 4 is 51.3 Å². The minimum Gasteiger partial charge on any atom is -0.465 e. The maximum atomic E-state index is 14.3. The predicted molar refractivity (Wildman–Crippen MR) is 103 cm³/mol. The van der Waals surface area contributed by atoms with Crippen LogP contribution >= 0.6 is 39.7 Å². The van der Waals surface area contributed by atoms with Crippen LogP contribution in [0.3, 0.4) is 0 Å². The molecule has 3 rings (SSSR count). The molecule has 148 valence electrons. The van der Waals surface area contributed by atoms with E-state index in [4.69, 9.17) is 15.2 Å². The SMILES string of the molecule is COC(=O)c1sc(Br)c2c1N(CC(N)C1CCCCO1)CC(F)(F)C2.Cl. The van der Waals surface area contributed by atoms with Gasteiger partial charge < -0.3 is 20.1 Å². The number of nitrogens with zero attached hydrogens (tertiary/aromatic N) is 1. The molecule has 2 atom stereocenters. The summed E-state index contributed by atoms with van der Waals surface area (Å²) in [5, 5.41) is 0. The van der Waals surface area contributed by atoms with Gasteiger partial charge in [-0.25, -0.2) is 13.6 Å². The summed E-state index contributed by atoms with van der Waals surface area (Å²) in [6.07, 6.45) is 2.31.